The zero-order chi connectivity index (χ0) is 22.6. The van der Waals surface area contributed by atoms with Crippen molar-refractivity contribution in [1.82, 2.24) is 0 Å². The van der Waals surface area contributed by atoms with Crippen LogP contribution < -0.4 is 0 Å². The molecular formula is C29H48O2. The molecule has 4 rings (SSSR count). The van der Waals surface area contributed by atoms with E-state index in [1.54, 1.807) is 0 Å². The van der Waals surface area contributed by atoms with Crippen LogP contribution in [-0.2, 0) is 0 Å². The average molecular weight is 429 g/mol. The van der Waals surface area contributed by atoms with Gasteiger partial charge in [-0.2, -0.15) is 0 Å². The summed E-state index contributed by atoms with van der Waals surface area (Å²) in [6.45, 7) is 16.3. The van der Waals surface area contributed by atoms with Gasteiger partial charge in [0.2, 0.25) is 0 Å². The van der Waals surface area contributed by atoms with Gasteiger partial charge in [-0.05, 0) is 116 Å². The Balaban J connectivity index is 1.51. The highest BCUT2D eigenvalue weighted by molar-refractivity contribution is 5.29. The highest BCUT2D eigenvalue weighted by Gasteiger charge is 2.60. The van der Waals surface area contributed by atoms with E-state index in [-0.39, 0.29) is 17.6 Å². The van der Waals surface area contributed by atoms with Gasteiger partial charge in [-0.3, -0.25) is 0 Å². The van der Waals surface area contributed by atoms with Gasteiger partial charge in [0.1, 0.15) is 0 Å². The molecule has 0 spiro atoms. The van der Waals surface area contributed by atoms with E-state index in [9.17, 15) is 10.2 Å². The van der Waals surface area contributed by atoms with Crippen LogP contribution in [0.5, 0.6) is 0 Å². The van der Waals surface area contributed by atoms with Crippen molar-refractivity contribution in [2.75, 3.05) is 0 Å². The lowest BCUT2D eigenvalue weighted by Gasteiger charge is -2.60. The highest BCUT2D eigenvalue weighted by Crippen LogP contribution is 2.67. The Bertz CT molecular complexity index is 695. The van der Waals surface area contributed by atoms with Gasteiger partial charge in [0, 0.05) is 0 Å². The van der Waals surface area contributed by atoms with Crippen LogP contribution in [0.2, 0.25) is 0 Å². The van der Waals surface area contributed by atoms with E-state index in [0.29, 0.717) is 29.1 Å². The zero-order valence-electron chi connectivity index (χ0n) is 20.8. The lowest BCUT2D eigenvalue weighted by atomic mass is 9.46. The number of hydrogen-bond donors (Lipinski definition) is 2. The number of aliphatic hydroxyl groups excluding tert-OH is 2. The third kappa shape index (κ3) is 3.88. The zero-order valence-corrected chi connectivity index (χ0v) is 20.8. The first kappa shape index (κ1) is 23.6. The van der Waals surface area contributed by atoms with E-state index in [2.05, 4.69) is 47.3 Å². The monoisotopic (exact) mass is 428 g/mol. The second-order valence-corrected chi connectivity index (χ2v) is 12.7. The van der Waals surface area contributed by atoms with Crippen molar-refractivity contribution in [3.8, 4) is 0 Å². The molecule has 10 atom stereocenters. The molecule has 0 amide bonds. The molecule has 0 bridgehead atoms. The molecule has 0 aromatic carbocycles. The summed E-state index contributed by atoms with van der Waals surface area (Å²) in [5.74, 6) is 5.03. The number of hydrogen-bond acceptors (Lipinski definition) is 2. The number of allylic oxidation sites excluding steroid dienone is 1. The minimum absolute atomic E-state index is 0.0983. The summed E-state index contributed by atoms with van der Waals surface area (Å²) >= 11 is 0. The first-order valence-electron chi connectivity index (χ1n) is 13.3. The Kier molecular flexibility index (Phi) is 6.56. The van der Waals surface area contributed by atoms with Crippen LogP contribution in [0.4, 0.5) is 0 Å². The second kappa shape index (κ2) is 8.64. The molecule has 0 unspecified atom stereocenters. The van der Waals surface area contributed by atoms with Crippen molar-refractivity contribution in [2.24, 2.45) is 52.3 Å². The maximum absolute atomic E-state index is 11.1. The van der Waals surface area contributed by atoms with Crippen LogP contribution in [0.25, 0.3) is 0 Å². The minimum Gasteiger partial charge on any atom is -0.389 e. The van der Waals surface area contributed by atoms with Gasteiger partial charge < -0.3 is 10.2 Å². The molecule has 176 valence electrons. The van der Waals surface area contributed by atoms with Crippen molar-refractivity contribution in [3.05, 3.63) is 24.3 Å². The largest absolute Gasteiger partial charge is 0.389 e. The Labute approximate surface area is 191 Å². The maximum atomic E-state index is 11.1. The Morgan fingerprint density at radius 2 is 1.77 bits per heavy atom. The van der Waals surface area contributed by atoms with Crippen molar-refractivity contribution in [1.29, 1.82) is 0 Å². The fourth-order valence-electron chi connectivity index (χ4n) is 9.11. The van der Waals surface area contributed by atoms with Crippen molar-refractivity contribution >= 4 is 0 Å². The molecule has 0 aliphatic heterocycles. The molecule has 4 aliphatic carbocycles. The summed E-state index contributed by atoms with van der Waals surface area (Å²) in [5.41, 5.74) is 1.71. The van der Waals surface area contributed by atoms with Crippen molar-refractivity contribution in [3.63, 3.8) is 0 Å². The molecule has 2 N–H and O–H groups in total. The van der Waals surface area contributed by atoms with Crippen molar-refractivity contribution in [2.45, 2.75) is 105 Å². The quantitative estimate of drug-likeness (QED) is 0.458. The van der Waals surface area contributed by atoms with Crippen LogP contribution in [0.15, 0.2) is 24.3 Å². The molecule has 0 radical (unpaired) electrons. The summed E-state index contributed by atoms with van der Waals surface area (Å²) in [6.07, 6.45) is 14.3. The van der Waals surface area contributed by atoms with E-state index in [1.165, 1.54) is 44.1 Å². The fraction of sp³-hybridized carbons (Fsp3) is 0.862. The molecule has 0 saturated heterocycles. The molecule has 0 aromatic rings. The Morgan fingerprint density at radius 1 is 1.03 bits per heavy atom. The van der Waals surface area contributed by atoms with Crippen molar-refractivity contribution < 1.29 is 10.2 Å². The molecule has 2 nitrogen and oxygen atoms in total. The Morgan fingerprint density at radius 3 is 2.45 bits per heavy atom. The smallest absolute Gasteiger partial charge is 0.0759 e. The van der Waals surface area contributed by atoms with E-state index in [4.69, 9.17) is 0 Å². The third-order valence-corrected chi connectivity index (χ3v) is 11.0. The SMILES string of the molecule is C=C[C@H](CC[C@@H](C)[C@H]1CC[C@H]2[C@@H]3C[C@@H](O)C4=C[C@@H](O)CC[C@]4(C)[C@H]3CC[C@]12C)C(C)C. The van der Waals surface area contributed by atoms with Crippen LogP contribution >= 0.6 is 0 Å². The highest BCUT2D eigenvalue weighted by atomic mass is 16.3. The lowest BCUT2D eigenvalue weighted by Crippen LogP contribution is -2.54. The normalized spacial score (nSPS) is 46.5. The summed E-state index contributed by atoms with van der Waals surface area (Å²) in [4.78, 5) is 0. The first-order chi connectivity index (χ1) is 14.6. The van der Waals surface area contributed by atoms with Crippen LogP contribution in [0, 0.1) is 52.3 Å². The predicted octanol–water partition coefficient (Wildman–Crippen LogP) is 6.77. The molecule has 3 fully saturated rings. The van der Waals surface area contributed by atoms with Gasteiger partial charge in [-0.25, -0.2) is 0 Å². The van der Waals surface area contributed by atoms with Crippen LogP contribution in [-0.4, -0.2) is 22.4 Å². The average Bonchev–Trinajstić information content (AvgIpc) is 3.07. The van der Waals surface area contributed by atoms with Gasteiger partial charge in [0.05, 0.1) is 12.2 Å². The number of aliphatic hydroxyl groups is 2. The summed E-state index contributed by atoms with van der Waals surface area (Å²) < 4.78 is 0. The van der Waals surface area contributed by atoms with Gasteiger partial charge in [-0.1, -0.05) is 46.8 Å². The standard InChI is InChI=1S/C29H48O2/c1-7-20(18(2)3)9-8-19(4)23-10-11-24-22-17-27(31)26-16-21(30)12-14-29(26,6)25(22)13-15-28(23,24)5/h7,16,18-25,27,30-31H,1,8-15,17H2,2-6H3/t19-,20-,21+,22+,23-,24+,25+,27-,28-,29-/m1/s1. The summed E-state index contributed by atoms with van der Waals surface area (Å²) in [5, 5.41) is 21.4. The molecular weight excluding hydrogens is 380 g/mol. The minimum atomic E-state index is -0.356. The molecule has 31 heavy (non-hydrogen) atoms. The fourth-order valence-corrected chi connectivity index (χ4v) is 9.11. The second-order valence-electron chi connectivity index (χ2n) is 12.7. The van der Waals surface area contributed by atoms with Gasteiger partial charge in [0.15, 0.2) is 0 Å². The topological polar surface area (TPSA) is 40.5 Å². The lowest BCUT2D eigenvalue weighted by molar-refractivity contribution is -0.0875. The number of rotatable bonds is 6. The first-order valence-corrected chi connectivity index (χ1v) is 13.3. The van der Waals surface area contributed by atoms with E-state index < -0.39 is 0 Å². The Hall–Kier alpha value is -0.600. The van der Waals surface area contributed by atoms with Gasteiger partial charge in [0.25, 0.3) is 0 Å². The molecule has 0 heterocycles. The van der Waals surface area contributed by atoms with Gasteiger partial charge >= 0.3 is 0 Å². The van der Waals surface area contributed by atoms with E-state index in [0.717, 1.165) is 37.0 Å². The number of fused-ring (bicyclic) bond motifs is 5. The summed E-state index contributed by atoms with van der Waals surface area (Å²) in [7, 11) is 0. The van der Waals surface area contributed by atoms with E-state index >= 15 is 0 Å². The molecule has 4 aliphatic rings. The van der Waals surface area contributed by atoms with Crippen LogP contribution in [0.1, 0.15) is 92.4 Å². The predicted molar refractivity (Wildman–Crippen MR) is 130 cm³/mol. The molecule has 0 aromatic heterocycles. The van der Waals surface area contributed by atoms with Gasteiger partial charge in [-0.15, -0.1) is 6.58 Å². The third-order valence-electron chi connectivity index (χ3n) is 11.0. The molecule has 3 saturated carbocycles. The van der Waals surface area contributed by atoms with E-state index in [1.807, 2.05) is 6.08 Å². The maximum Gasteiger partial charge on any atom is 0.0759 e. The summed E-state index contributed by atoms with van der Waals surface area (Å²) in [6, 6.07) is 0. The molecule has 2 heteroatoms. The van der Waals surface area contributed by atoms with Crippen LogP contribution in [0.3, 0.4) is 0 Å².